The predicted molar refractivity (Wildman–Crippen MR) is 77.9 cm³/mol. The van der Waals surface area contributed by atoms with Crippen molar-refractivity contribution >= 4 is 11.7 Å². The lowest BCUT2D eigenvalue weighted by Gasteiger charge is -2.28. The SMILES string of the molecule is Cc1ccc(N2CCC(C(C)(C)C)C2)c(C(=O)O)c1. The van der Waals surface area contributed by atoms with Crippen molar-refractivity contribution < 1.29 is 9.90 Å². The average molecular weight is 261 g/mol. The van der Waals surface area contributed by atoms with Crippen LogP contribution in [0, 0.1) is 18.3 Å². The van der Waals surface area contributed by atoms with Crippen molar-refractivity contribution in [2.45, 2.75) is 34.1 Å². The molecule has 0 aromatic heterocycles. The van der Waals surface area contributed by atoms with Gasteiger partial charge in [0.2, 0.25) is 0 Å². The Morgan fingerprint density at radius 2 is 2.05 bits per heavy atom. The zero-order chi connectivity index (χ0) is 14.2. The first kappa shape index (κ1) is 13.9. The minimum absolute atomic E-state index is 0.281. The van der Waals surface area contributed by atoms with Crippen molar-refractivity contribution in [2.24, 2.45) is 11.3 Å². The molecule has 1 aromatic carbocycles. The van der Waals surface area contributed by atoms with Gasteiger partial charge in [-0.15, -0.1) is 0 Å². The lowest BCUT2D eigenvalue weighted by Crippen LogP contribution is -2.26. The van der Waals surface area contributed by atoms with Crippen LogP contribution < -0.4 is 4.90 Å². The van der Waals surface area contributed by atoms with E-state index in [0.717, 1.165) is 30.8 Å². The largest absolute Gasteiger partial charge is 0.478 e. The van der Waals surface area contributed by atoms with Gasteiger partial charge in [-0.2, -0.15) is 0 Å². The second kappa shape index (κ2) is 4.87. The van der Waals surface area contributed by atoms with E-state index in [9.17, 15) is 9.90 Å². The van der Waals surface area contributed by atoms with Gasteiger partial charge in [0.1, 0.15) is 0 Å². The lowest BCUT2D eigenvalue weighted by molar-refractivity contribution is 0.0697. The van der Waals surface area contributed by atoms with Gasteiger partial charge in [-0.25, -0.2) is 4.79 Å². The van der Waals surface area contributed by atoms with Crippen LogP contribution in [0.1, 0.15) is 43.1 Å². The zero-order valence-electron chi connectivity index (χ0n) is 12.2. The normalized spacial score (nSPS) is 19.8. The standard InChI is InChI=1S/C16H23NO2/c1-11-5-6-14(13(9-11)15(18)19)17-8-7-12(10-17)16(2,3)4/h5-6,9,12H,7-8,10H2,1-4H3,(H,18,19). The number of aromatic carboxylic acids is 1. The molecular formula is C16H23NO2. The van der Waals surface area contributed by atoms with Gasteiger partial charge in [0.25, 0.3) is 0 Å². The van der Waals surface area contributed by atoms with E-state index in [1.54, 1.807) is 6.07 Å². The van der Waals surface area contributed by atoms with E-state index in [2.05, 4.69) is 25.7 Å². The van der Waals surface area contributed by atoms with Crippen molar-refractivity contribution in [3.8, 4) is 0 Å². The highest BCUT2D eigenvalue weighted by Crippen LogP contribution is 2.36. The molecule has 0 bridgehead atoms. The summed E-state index contributed by atoms with van der Waals surface area (Å²) in [5.41, 5.74) is 2.56. The van der Waals surface area contributed by atoms with Gasteiger partial charge in [-0.3, -0.25) is 0 Å². The molecule has 1 unspecified atom stereocenters. The maximum atomic E-state index is 11.4. The molecule has 0 aliphatic carbocycles. The third kappa shape index (κ3) is 2.91. The summed E-state index contributed by atoms with van der Waals surface area (Å²) >= 11 is 0. The van der Waals surface area contributed by atoms with Crippen LogP contribution in [0.5, 0.6) is 0 Å². The molecule has 1 aromatic rings. The fraction of sp³-hybridized carbons (Fsp3) is 0.562. The molecule has 0 saturated carbocycles. The van der Waals surface area contributed by atoms with E-state index in [4.69, 9.17) is 0 Å². The van der Waals surface area contributed by atoms with E-state index in [0.29, 0.717) is 11.5 Å². The van der Waals surface area contributed by atoms with Gasteiger partial charge >= 0.3 is 5.97 Å². The number of benzene rings is 1. The van der Waals surface area contributed by atoms with Crippen LogP contribution in [-0.2, 0) is 0 Å². The third-order valence-corrected chi connectivity index (χ3v) is 4.14. The summed E-state index contributed by atoms with van der Waals surface area (Å²) < 4.78 is 0. The summed E-state index contributed by atoms with van der Waals surface area (Å²) in [5.74, 6) is -0.214. The Hall–Kier alpha value is -1.51. The van der Waals surface area contributed by atoms with E-state index in [1.807, 2.05) is 19.1 Å². The first-order valence-electron chi connectivity index (χ1n) is 6.88. The summed E-state index contributed by atoms with van der Waals surface area (Å²) in [7, 11) is 0. The van der Waals surface area contributed by atoms with Crippen LogP contribution >= 0.6 is 0 Å². The quantitative estimate of drug-likeness (QED) is 0.884. The number of hydrogen-bond donors (Lipinski definition) is 1. The number of carbonyl (C=O) groups is 1. The van der Waals surface area contributed by atoms with Crippen LogP contribution in [-0.4, -0.2) is 24.2 Å². The minimum atomic E-state index is -0.835. The number of hydrogen-bond acceptors (Lipinski definition) is 2. The van der Waals surface area contributed by atoms with E-state index in [1.165, 1.54) is 0 Å². The van der Waals surface area contributed by atoms with Gasteiger partial charge in [0, 0.05) is 13.1 Å². The van der Waals surface area contributed by atoms with Crippen molar-refractivity contribution in [3.05, 3.63) is 29.3 Å². The van der Waals surface area contributed by atoms with Crippen LogP contribution in [0.4, 0.5) is 5.69 Å². The van der Waals surface area contributed by atoms with Crippen molar-refractivity contribution in [2.75, 3.05) is 18.0 Å². The molecule has 0 amide bonds. The van der Waals surface area contributed by atoms with Crippen molar-refractivity contribution in [1.82, 2.24) is 0 Å². The fourth-order valence-electron chi connectivity index (χ4n) is 2.78. The average Bonchev–Trinajstić information content (AvgIpc) is 2.77. The maximum absolute atomic E-state index is 11.4. The lowest BCUT2D eigenvalue weighted by atomic mass is 9.80. The Bertz CT molecular complexity index is 488. The number of rotatable bonds is 2. The highest BCUT2D eigenvalue weighted by Gasteiger charge is 2.33. The molecule has 104 valence electrons. The molecule has 1 heterocycles. The summed E-state index contributed by atoms with van der Waals surface area (Å²) in [5, 5.41) is 9.35. The summed E-state index contributed by atoms with van der Waals surface area (Å²) in [6, 6.07) is 5.71. The molecular weight excluding hydrogens is 238 g/mol. The Morgan fingerprint density at radius 3 is 2.58 bits per heavy atom. The van der Waals surface area contributed by atoms with Gasteiger partial charge in [-0.05, 0) is 36.8 Å². The van der Waals surface area contributed by atoms with Gasteiger partial charge in [0.15, 0.2) is 0 Å². The summed E-state index contributed by atoms with van der Waals surface area (Å²) in [6.45, 7) is 10.6. The molecule has 1 fully saturated rings. The molecule has 19 heavy (non-hydrogen) atoms. The fourth-order valence-corrected chi connectivity index (χ4v) is 2.78. The highest BCUT2D eigenvalue weighted by molar-refractivity contribution is 5.94. The Morgan fingerprint density at radius 1 is 1.37 bits per heavy atom. The first-order valence-corrected chi connectivity index (χ1v) is 6.88. The number of carboxylic acid groups (broad SMARTS) is 1. The van der Waals surface area contributed by atoms with Crippen LogP contribution in [0.25, 0.3) is 0 Å². The second-order valence-electron chi connectivity index (χ2n) is 6.62. The minimum Gasteiger partial charge on any atom is -0.478 e. The van der Waals surface area contributed by atoms with Gasteiger partial charge < -0.3 is 10.0 Å². The number of aryl methyl sites for hydroxylation is 1. The molecule has 3 heteroatoms. The molecule has 3 nitrogen and oxygen atoms in total. The topological polar surface area (TPSA) is 40.5 Å². The van der Waals surface area contributed by atoms with Crippen LogP contribution in [0.15, 0.2) is 18.2 Å². The first-order chi connectivity index (χ1) is 8.79. The molecule has 0 radical (unpaired) electrons. The maximum Gasteiger partial charge on any atom is 0.337 e. The van der Waals surface area contributed by atoms with Crippen LogP contribution in [0.3, 0.4) is 0 Å². The monoisotopic (exact) mass is 261 g/mol. The number of anilines is 1. The van der Waals surface area contributed by atoms with E-state index < -0.39 is 5.97 Å². The molecule has 1 N–H and O–H groups in total. The molecule has 1 atom stereocenters. The Kier molecular flexibility index (Phi) is 3.57. The molecule has 1 aliphatic heterocycles. The molecule has 0 spiro atoms. The third-order valence-electron chi connectivity index (χ3n) is 4.14. The van der Waals surface area contributed by atoms with Crippen molar-refractivity contribution in [3.63, 3.8) is 0 Å². The molecule has 1 aliphatic rings. The highest BCUT2D eigenvalue weighted by atomic mass is 16.4. The number of carboxylic acids is 1. The predicted octanol–water partition coefficient (Wildman–Crippen LogP) is 3.57. The number of nitrogens with zero attached hydrogens (tertiary/aromatic N) is 1. The zero-order valence-corrected chi connectivity index (χ0v) is 12.2. The molecule has 2 rings (SSSR count). The van der Waals surface area contributed by atoms with Crippen molar-refractivity contribution in [1.29, 1.82) is 0 Å². The second-order valence-corrected chi connectivity index (χ2v) is 6.62. The summed E-state index contributed by atoms with van der Waals surface area (Å²) in [6.07, 6.45) is 1.14. The smallest absolute Gasteiger partial charge is 0.337 e. The Labute approximate surface area is 115 Å². The molecule has 1 saturated heterocycles. The Balaban J connectivity index is 2.27. The summed E-state index contributed by atoms with van der Waals surface area (Å²) in [4.78, 5) is 13.6. The van der Waals surface area contributed by atoms with Crippen LogP contribution in [0.2, 0.25) is 0 Å². The van der Waals surface area contributed by atoms with Gasteiger partial charge in [-0.1, -0.05) is 32.4 Å². The van der Waals surface area contributed by atoms with E-state index in [-0.39, 0.29) is 5.41 Å². The van der Waals surface area contributed by atoms with Gasteiger partial charge in [0.05, 0.1) is 11.3 Å². The van der Waals surface area contributed by atoms with E-state index >= 15 is 0 Å².